The SMILES string of the molecule is COc1cc(N(C(N)=O)C2=CC(=O)OC2)cc(OC)c1OC. The molecule has 0 saturated carbocycles. The fourth-order valence-electron chi connectivity index (χ4n) is 2.12. The summed E-state index contributed by atoms with van der Waals surface area (Å²) >= 11 is 0. The highest BCUT2D eigenvalue weighted by molar-refractivity contribution is 5.98. The quantitative estimate of drug-likeness (QED) is 0.816. The van der Waals surface area contributed by atoms with Gasteiger partial charge in [-0.15, -0.1) is 0 Å². The van der Waals surface area contributed by atoms with Crippen LogP contribution in [0.5, 0.6) is 17.2 Å². The van der Waals surface area contributed by atoms with Crippen LogP contribution in [-0.2, 0) is 9.53 Å². The van der Waals surface area contributed by atoms with Crippen LogP contribution in [0.2, 0.25) is 0 Å². The van der Waals surface area contributed by atoms with Crippen molar-refractivity contribution in [2.45, 2.75) is 0 Å². The van der Waals surface area contributed by atoms with Crippen molar-refractivity contribution in [1.82, 2.24) is 0 Å². The number of carbonyl (C=O) groups excluding carboxylic acids is 2. The van der Waals surface area contributed by atoms with Gasteiger partial charge >= 0.3 is 12.0 Å². The van der Waals surface area contributed by atoms with Gasteiger partial charge in [0.05, 0.1) is 32.7 Å². The molecule has 8 heteroatoms. The number of carbonyl (C=O) groups is 2. The van der Waals surface area contributed by atoms with Crippen LogP contribution in [0.3, 0.4) is 0 Å². The maximum Gasteiger partial charge on any atom is 0.333 e. The van der Waals surface area contributed by atoms with Crippen molar-refractivity contribution >= 4 is 17.7 Å². The molecule has 8 nitrogen and oxygen atoms in total. The normalized spacial score (nSPS) is 13.2. The first-order chi connectivity index (χ1) is 10.5. The van der Waals surface area contributed by atoms with Gasteiger partial charge in [0.1, 0.15) is 6.61 Å². The van der Waals surface area contributed by atoms with E-state index in [1.807, 2.05) is 0 Å². The van der Waals surface area contributed by atoms with E-state index < -0.39 is 12.0 Å². The van der Waals surface area contributed by atoms with Crippen LogP contribution in [0.4, 0.5) is 10.5 Å². The number of hydrogen-bond acceptors (Lipinski definition) is 6. The van der Waals surface area contributed by atoms with E-state index >= 15 is 0 Å². The summed E-state index contributed by atoms with van der Waals surface area (Å²) in [6.07, 6.45) is 1.20. The molecule has 1 aliphatic heterocycles. The molecule has 0 radical (unpaired) electrons. The highest BCUT2D eigenvalue weighted by Crippen LogP contribution is 2.41. The summed E-state index contributed by atoms with van der Waals surface area (Å²) in [5.41, 5.74) is 6.11. The van der Waals surface area contributed by atoms with Gasteiger partial charge in [-0.2, -0.15) is 0 Å². The molecule has 0 spiro atoms. The van der Waals surface area contributed by atoms with E-state index in [4.69, 9.17) is 24.7 Å². The van der Waals surface area contributed by atoms with Gasteiger partial charge in [-0.3, -0.25) is 4.90 Å². The third-order valence-electron chi connectivity index (χ3n) is 3.06. The van der Waals surface area contributed by atoms with Crippen LogP contribution in [0.1, 0.15) is 0 Å². The van der Waals surface area contributed by atoms with Crippen molar-refractivity contribution in [2.75, 3.05) is 32.8 Å². The van der Waals surface area contributed by atoms with Gasteiger partial charge < -0.3 is 24.7 Å². The van der Waals surface area contributed by atoms with Crippen molar-refractivity contribution < 1.29 is 28.5 Å². The van der Waals surface area contributed by atoms with Crippen LogP contribution >= 0.6 is 0 Å². The predicted molar refractivity (Wildman–Crippen MR) is 77.2 cm³/mol. The fourth-order valence-corrected chi connectivity index (χ4v) is 2.12. The monoisotopic (exact) mass is 308 g/mol. The summed E-state index contributed by atoms with van der Waals surface area (Å²) in [4.78, 5) is 24.1. The molecule has 1 aliphatic rings. The number of nitrogens with zero attached hydrogens (tertiary/aromatic N) is 1. The average Bonchev–Trinajstić information content (AvgIpc) is 2.91. The van der Waals surface area contributed by atoms with E-state index in [1.165, 1.54) is 27.4 Å². The molecule has 0 saturated heterocycles. The topological polar surface area (TPSA) is 100 Å². The van der Waals surface area contributed by atoms with Crippen molar-refractivity contribution in [3.05, 3.63) is 23.9 Å². The molecule has 2 amide bonds. The van der Waals surface area contributed by atoms with E-state index in [2.05, 4.69) is 0 Å². The van der Waals surface area contributed by atoms with Crippen LogP contribution in [0.25, 0.3) is 0 Å². The highest BCUT2D eigenvalue weighted by atomic mass is 16.5. The second-order valence-electron chi connectivity index (χ2n) is 4.30. The van der Waals surface area contributed by atoms with Crippen molar-refractivity contribution in [3.8, 4) is 17.2 Å². The summed E-state index contributed by atoms with van der Waals surface area (Å²) < 4.78 is 20.5. The lowest BCUT2D eigenvalue weighted by Crippen LogP contribution is -2.35. The zero-order chi connectivity index (χ0) is 16.3. The molecule has 118 valence electrons. The van der Waals surface area contributed by atoms with Gasteiger partial charge in [-0.25, -0.2) is 9.59 Å². The van der Waals surface area contributed by atoms with Crippen LogP contribution in [-0.4, -0.2) is 39.9 Å². The molecule has 0 aromatic heterocycles. The number of methoxy groups -OCH3 is 3. The maximum absolute atomic E-state index is 11.8. The van der Waals surface area contributed by atoms with E-state index in [0.29, 0.717) is 28.6 Å². The van der Waals surface area contributed by atoms with Gasteiger partial charge in [-0.1, -0.05) is 0 Å². The molecule has 2 N–H and O–H groups in total. The third-order valence-corrected chi connectivity index (χ3v) is 3.06. The van der Waals surface area contributed by atoms with E-state index in [0.717, 1.165) is 4.90 Å². The number of anilines is 1. The first-order valence-corrected chi connectivity index (χ1v) is 6.28. The van der Waals surface area contributed by atoms with Gasteiger partial charge in [0.2, 0.25) is 5.75 Å². The number of esters is 1. The molecule has 0 bridgehead atoms. The third kappa shape index (κ3) is 2.76. The maximum atomic E-state index is 11.8. The number of hydrogen-bond donors (Lipinski definition) is 1. The van der Waals surface area contributed by atoms with Crippen LogP contribution in [0.15, 0.2) is 23.9 Å². The Bertz CT molecular complexity index is 615. The zero-order valence-electron chi connectivity index (χ0n) is 12.4. The van der Waals surface area contributed by atoms with Gasteiger partial charge in [0, 0.05) is 18.2 Å². The summed E-state index contributed by atoms with van der Waals surface area (Å²) in [6, 6.07) is 2.34. The van der Waals surface area contributed by atoms with Crippen molar-refractivity contribution in [2.24, 2.45) is 5.73 Å². The number of cyclic esters (lactones) is 1. The first-order valence-electron chi connectivity index (χ1n) is 6.28. The summed E-state index contributed by atoms with van der Waals surface area (Å²) in [5.74, 6) is 0.558. The first kappa shape index (κ1) is 15.5. The Morgan fingerprint density at radius 1 is 1.18 bits per heavy atom. The molecule has 2 rings (SSSR count). The minimum Gasteiger partial charge on any atom is -0.493 e. The Labute approximate surface area is 127 Å². The van der Waals surface area contributed by atoms with E-state index in [1.54, 1.807) is 12.1 Å². The van der Waals surface area contributed by atoms with E-state index in [-0.39, 0.29) is 6.61 Å². The standard InChI is InChI=1S/C14H16N2O6/c1-19-10-4-8(5-11(20-2)13(10)21-3)16(14(15)18)9-6-12(17)22-7-9/h4-6H,7H2,1-3H3,(H2,15,18). The number of nitrogens with two attached hydrogens (primary N) is 1. The minimum absolute atomic E-state index is 0.0432. The second-order valence-corrected chi connectivity index (χ2v) is 4.30. The minimum atomic E-state index is -0.765. The van der Waals surface area contributed by atoms with Crippen molar-refractivity contribution in [1.29, 1.82) is 0 Å². The molecule has 0 atom stereocenters. The summed E-state index contributed by atoms with van der Waals surface area (Å²) in [6.45, 7) is -0.0432. The lowest BCUT2D eigenvalue weighted by Gasteiger charge is -2.23. The van der Waals surface area contributed by atoms with Gasteiger partial charge in [0.25, 0.3) is 0 Å². The number of urea groups is 1. The molecular formula is C14H16N2O6. The highest BCUT2D eigenvalue weighted by Gasteiger charge is 2.26. The lowest BCUT2D eigenvalue weighted by atomic mass is 10.2. The molecule has 0 aliphatic carbocycles. The number of primary amides is 1. The van der Waals surface area contributed by atoms with Gasteiger partial charge in [-0.05, 0) is 0 Å². The molecule has 1 heterocycles. The molecule has 1 aromatic carbocycles. The number of rotatable bonds is 5. The second kappa shape index (κ2) is 6.25. The molecule has 0 fully saturated rings. The lowest BCUT2D eigenvalue weighted by molar-refractivity contribution is -0.134. The average molecular weight is 308 g/mol. The summed E-state index contributed by atoms with van der Waals surface area (Å²) in [7, 11) is 4.38. The number of ether oxygens (including phenoxy) is 4. The number of benzene rings is 1. The Balaban J connectivity index is 2.55. The van der Waals surface area contributed by atoms with E-state index in [9.17, 15) is 9.59 Å². The smallest absolute Gasteiger partial charge is 0.333 e. The van der Waals surface area contributed by atoms with Crippen LogP contribution < -0.4 is 24.8 Å². The Hall–Kier alpha value is -2.90. The molecule has 1 aromatic rings. The Morgan fingerprint density at radius 2 is 1.77 bits per heavy atom. The van der Waals surface area contributed by atoms with Crippen molar-refractivity contribution in [3.63, 3.8) is 0 Å². The Morgan fingerprint density at radius 3 is 2.14 bits per heavy atom. The summed E-state index contributed by atoms with van der Waals surface area (Å²) in [5, 5.41) is 0. The fraction of sp³-hybridized carbons (Fsp3) is 0.286. The Kier molecular flexibility index (Phi) is 4.40. The molecule has 0 unspecified atom stereocenters. The molecule has 22 heavy (non-hydrogen) atoms. The van der Waals surface area contributed by atoms with Gasteiger partial charge in [0.15, 0.2) is 11.5 Å². The zero-order valence-corrected chi connectivity index (χ0v) is 12.4. The molecular weight excluding hydrogens is 292 g/mol. The number of amides is 2. The predicted octanol–water partition coefficient (Wildman–Crippen LogP) is 1.04. The van der Waals surface area contributed by atoms with Crippen LogP contribution in [0, 0.1) is 0 Å². The largest absolute Gasteiger partial charge is 0.493 e.